The number of hydrogen-bond donors (Lipinski definition) is 0. The molecule has 0 radical (unpaired) electrons. The summed E-state index contributed by atoms with van der Waals surface area (Å²) in [6.45, 7) is 0.654. The standard InChI is InChI=1S/C12H9NO/c1-2-6-11-10(5-1)12-9(8-13-11)4-3-7-14-12/h1-6,8H,7H2. The van der Waals surface area contributed by atoms with Crippen molar-refractivity contribution in [2.45, 2.75) is 0 Å². The van der Waals surface area contributed by atoms with Crippen LogP contribution in [0.4, 0.5) is 0 Å². The smallest absolute Gasteiger partial charge is 0.137 e. The van der Waals surface area contributed by atoms with E-state index < -0.39 is 0 Å². The van der Waals surface area contributed by atoms with Gasteiger partial charge in [0.1, 0.15) is 12.4 Å². The van der Waals surface area contributed by atoms with E-state index in [1.165, 1.54) is 0 Å². The van der Waals surface area contributed by atoms with Crippen LogP contribution in [0, 0.1) is 0 Å². The lowest BCUT2D eigenvalue weighted by molar-refractivity contribution is 0.362. The molecule has 0 fully saturated rings. The number of ether oxygens (including phenoxy) is 1. The number of hydrogen-bond acceptors (Lipinski definition) is 2. The Hall–Kier alpha value is -1.83. The molecule has 68 valence electrons. The lowest BCUT2D eigenvalue weighted by Crippen LogP contribution is -2.01. The zero-order valence-electron chi connectivity index (χ0n) is 7.60. The molecule has 0 spiro atoms. The van der Waals surface area contributed by atoms with Gasteiger partial charge in [0.25, 0.3) is 0 Å². The Kier molecular flexibility index (Phi) is 1.53. The summed E-state index contributed by atoms with van der Waals surface area (Å²) in [7, 11) is 0. The second kappa shape index (κ2) is 2.84. The van der Waals surface area contributed by atoms with Gasteiger partial charge < -0.3 is 4.74 Å². The first-order valence-electron chi connectivity index (χ1n) is 4.62. The number of para-hydroxylation sites is 1. The first-order valence-corrected chi connectivity index (χ1v) is 4.62. The average molecular weight is 183 g/mol. The Morgan fingerprint density at radius 3 is 3.14 bits per heavy atom. The fourth-order valence-corrected chi connectivity index (χ4v) is 1.72. The third-order valence-corrected chi connectivity index (χ3v) is 2.37. The average Bonchev–Trinajstić information content (AvgIpc) is 2.29. The van der Waals surface area contributed by atoms with Crippen molar-refractivity contribution in [3.05, 3.63) is 42.1 Å². The predicted octanol–water partition coefficient (Wildman–Crippen LogP) is 2.64. The van der Waals surface area contributed by atoms with Crippen LogP contribution in [0.5, 0.6) is 5.75 Å². The van der Waals surface area contributed by atoms with Gasteiger partial charge in [-0.05, 0) is 18.2 Å². The molecule has 0 aliphatic carbocycles. The molecule has 1 aromatic carbocycles. The summed E-state index contributed by atoms with van der Waals surface area (Å²) >= 11 is 0. The molecule has 0 N–H and O–H groups in total. The minimum absolute atomic E-state index is 0.654. The topological polar surface area (TPSA) is 22.1 Å². The van der Waals surface area contributed by atoms with Gasteiger partial charge in [0.2, 0.25) is 0 Å². The zero-order chi connectivity index (χ0) is 9.38. The van der Waals surface area contributed by atoms with E-state index >= 15 is 0 Å². The minimum Gasteiger partial charge on any atom is -0.488 e. The van der Waals surface area contributed by atoms with E-state index in [0.29, 0.717) is 6.61 Å². The van der Waals surface area contributed by atoms with Crippen LogP contribution in [0.25, 0.3) is 17.0 Å². The van der Waals surface area contributed by atoms with Crippen molar-refractivity contribution in [2.24, 2.45) is 0 Å². The first-order chi connectivity index (χ1) is 6.95. The number of rotatable bonds is 0. The quantitative estimate of drug-likeness (QED) is 0.626. The van der Waals surface area contributed by atoms with E-state index in [0.717, 1.165) is 22.2 Å². The lowest BCUT2D eigenvalue weighted by atomic mass is 10.1. The van der Waals surface area contributed by atoms with Gasteiger partial charge in [0.05, 0.1) is 5.52 Å². The predicted molar refractivity (Wildman–Crippen MR) is 56.3 cm³/mol. The number of aromatic nitrogens is 1. The Morgan fingerprint density at radius 1 is 1.21 bits per heavy atom. The monoisotopic (exact) mass is 183 g/mol. The molecule has 1 aliphatic heterocycles. The first kappa shape index (κ1) is 7.56. The molecular weight excluding hydrogens is 174 g/mol. The zero-order valence-corrected chi connectivity index (χ0v) is 7.60. The van der Waals surface area contributed by atoms with E-state index in [1.807, 2.05) is 36.5 Å². The molecule has 2 aromatic rings. The summed E-state index contributed by atoms with van der Waals surface area (Å²) < 4.78 is 5.61. The van der Waals surface area contributed by atoms with Crippen LogP contribution in [0.15, 0.2) is 36.5 Å². The molecule has 2 heterocycles. The fraction of sp³-hybridized carbons (Fsp3) is 0.0833. The van der Waals surface area contributed by atoms with Crippen LogP contribution in [-0.2, 0) is 0 Å². The Balaban J connectivity index is 2.41. The molecule has 1 aromatic heterocycles. The van der Waals surface area contributed by atoms with Crippen LogP contribution in [0.2, 0.25) is 0 Å². The number of nitrogens with zero attached hydrogens (tertiary/aromatic N) is 1. The Morgan fingerprint density at radius 2 is 2.14 bits per heavy atom. The molecule has 3 rings (SSSR count). The van der Waals surface area contributed by atoms with E-state index in [2.05, 4.69) is 11.1 Å². The second-order valence-electron chi connectivity index (χ2n) is 3.27. The maximum absolute atomic E-state index is 5.61. The molecule has 1 aliphatic rings. The van der Waals surface area contributed by atoms with Crippen molar-refractivity contribution in [1.29, 1.82) is 0 Å². The maximum atomic E-state index is 5.61. The highest BCUT2D eigenvalue weighted by Crippen LogP contribution is 2.30. The lowest BCUT2D eigenvalue weighted by Gasteiger charge is -2.13. The summed E-state index contributed by atoms with van der Waals surface area (Å²) in [4.78, 5) is 4.36. The minimum atomic E-state index is 0.654. The highest BCUT2D eigenvalue weighted by Gasteiger charge is 2.09. The summed E-state index contributed by atoms with van der Waals surface area (Å²) in [5.41, 5.74) is 2.05. The normalized spacial score (nSPS) is 13.7. The van der Waals surface area contributed by atoms with Gasteiger partial charge in [-0.15, -0.1) is 0 Å². The number of pyridine rings is 1. The van der Waals surface area contributed by atoms with Crippen LogP contribution >= 0.6 is 0 Å². The van der Waals surface area contributed by atoms with Gasteiger partial charge >= 0.3 is 0 Å². The fourth-order valence-electron chi connectivity index (χ4n) is 1.72. The van der Waals surface area contributed by atoms with E-state index in [9.17, 15) is 0 Å². The van der Waals surface area contributed by atoms with Gasteiger partial charge in [-0.25, -0.2) is 0 Å². The van der Waals surface area contributed by atoms with E-state index in [-0.39, 0.29) is 0 Å². The molecule has 0 saturated heterocycles. The molecule has 0 bridgehead atoms. The van der Waals surface area contributed by atoms with Crippen LogP contribution in [0.1, 0.15) is 5.56 Å². The van der Waals surface area contributed by atoms with Crippen molar-refractivity contribution in [3.63, 3.8) is 0 Å². The molecular formula is C12H9NO. The molecule has 0 atom stereocenters. The second-order valence-corrected chi connectivity index (χ2v) is 3.27. The summed E-state index contributed by atoms with van der Waals surface area (Å²) in [5, 5.41) is 1.09. The summed E-state index contributed by atoms with van der Waals surface area (Å²) in [5.74, 6) is 0.957. The van der Waals surface area contributed by atoms with Crippen molar-refractivity contribution in [1.82, 2.24) is 4.98 Å². The van der Waals surface area contributed by atoms with Crippen molar-refractivity contribution in [2.75, 3.05) is 6.61 Å². The summed E-state index contributed by atoms with van der Waals surface area (Å²) in [6.07, 6.45) is 5.91. The third-order valence-electron chi connectivity index (χ3n) is 2.37. The van der Waals surface area contributed by atoms with Crippen molar-refractivity contribution >= 4 is 17.0 Å². The summed E-state index contributed by atoms with van der Waals surface area (Å²) in [6, 6.07) is 8.03. The van der Waals surface area contributed by atoms with Gasteiger partial charge in [0, 0.05) is 17.1 Å². The Bertz CT molecular complexity index is 517. The molecule has 14 heavy (non-hydrogen) atoms. The molecule has 2 nitrogen and oxygen atoms in total. The van der Waals surface area contributed by atoms with Gasteiger partial charge in [-0.1, -0.05) is 18.2 Å². The van der Waals surface area contributed by atoms with E-state index in [1.54, 1.807) is 0 Å². The largest absolute Gasteiger partial charge is 0.488 e. The van der Waals surface area contributed by atoms with E-state index in [4.69, 9.17) is 4.74 Å². The van der Waals surface area contributed by atoms with Crippen LogP contribution < -0.4 is 4.74 Å². The molecule has 2 heteroatoms. The van der Waals surface area contributed by atoms with Crippen molar-refractivity contribution < 1.29 is 4.74 Å². The van der Waals surface area contributed by atoms with Gasteiger partial charge in [-0.3, -0.25) is 4.98 Å². The molecule has 0 saturated carbocycles. The van der Waals surface area contributed by atoms with Gasteiger partial charge in [0.15, 0.2) is 0 Å². The maximum Gasteiger partial charge on any atom is 0.137 e. The number of fused-ring (bicyclic) bond motifs is 3. The Labute approximate surface area is 81.8 Å². The third kappa shape index (κ3) is 1.01. The molecule has 0 amide bonds. The highest BCUT2D eigenvalue weighted by molar-refractivity contribution is 5.88. The number of benzene rings is 1. The van der Waals surface area contributed by atoms with Crippen molar-refractivity contribution in [3.8, 4) is 5.75 Å². The van der Waals surface area contributed by atoms with Crippen LogP contribution in [-0.4, -0.2) is 11.6 Å². The van der Waals surface area contributed by atoms with Crippen LogP contribution in [0.3, 0.4) is 0 Å². The SMILES string of the molecule is C1=Cc2cnc3ccccc3c2OC1. The van der Waals surface area contributed by atoms with Gasteiger partial charge in [-0.2, -0.15) is 0 Å². The highest BCUT2D eigenvalue weighted by atomic mass is 16.5. The molecule has 0 unspecified atom stereocenters.